The Morgan fingerprint density at radius 3 is 2.88 bits per heavy atom. The van der Waals surface area contributed by atoms with Gasteiger partial charge in [-0.25, -0.2) is 9.97 Å². The van der Waals surface area contributed by atoms with Crippen molar-refractivity contribution < 1.29 is 9.21 Å². The van der Waals surface area contributed by atoms with Gasteiger partial charge in [0.2, 0.25) is 5.76 Å². The van der Waals surface area contributed by atoms with E-state index in [9.17, 15) is 4.79 Å². The number of carbonyl (C=O) groups is 1. The zero-order valence-electron chi connectivity index (χ0n) is 16.2. The van der Waals surface area contributed by atoms with Crippen LogP contribution in [0.15, 0.2) is 16.8 Å². The van der Waals surface area contributed by atoms with Crippen molar-refractivity contribution >= 4 is 5.91 Å². The Labute approximate surface area is 155 Å². The molecule has 1 aliphatic heterocycles. The summed E-state index contributed by atoms with van der Waals surface area (Å²) in [6, 6.07) is 0. The summed E-state index contributed by atoms with van der Waals surface area (Å²) in [6.07, 6.45) is 7.05. The van der Waals surface area contributed by atoms with Gasteiger partial charge in [-0.15, -0.1) is 0 Å². The molecule has 2 aromatic rings. The van der Waals surface area contributed by atoms with Crippen molar-refractivity contribution in [3.05, 3.63) is 35.6 Å². The van der Waals surface area contributed by atoms with E-state index in [0.29, 0.717) is 23.9 Å². The number of aryl methyl sites for hydroxylation is 3. The number of oxazole rings is 1. The lowest BCUT2D eigenvalue weighted by Crippen LogP contribution is -2.40. The van der Waals surface area contributed by atoms with Crippen LogP contribution in [-0.4, -0.2) is 64.0 Å². The molecule has 2 aromatic heterocycles. The van der Waals surface area contributed by atoms with E-state index in [-0.39, 0.29) is 11.8 Å². The summed E-state index contributed by atoms with van der Waals surface area (Å²) in [5.74, 6) is 2.21. The topological polar surface area (TPSA) is 67.4 Å². The summed E-state index contributed by atoms with van der Waals surface area (Å²) in [5.41, 5.74) is 0.666. The second-order valence-corrected chi connectivity index (χ2v) is 7.37. The first-order chi connectivity index (χ1) is 12.5. The fourth-order valence-corrected chi connectivity index (χ4v) is 3.67. The summed E-state index contributed by atoms with van der Waals surface area (Å²) >= 11 is 0. The molecule has 7 heteroatoms. The first-order valence-corrected chi connectivity index (χ1v) is 9.34. The number of amides is 1. The molecule has 142 valence electrons. The number of piperidine rings is 1. The van der Waals surface area contributed by atoms with Crippen LogP contribution < -0.4 is 0 Å². The standard InChI is InChI=1S/C19H29N5O2/c1-14-17(26-15(2)21-14)19(25)24-10-5-7-16(13-24)18-20-8-12-23(18)11-6-9-22(3)4/h8,12,16H,5-7,9-11,13H2,1-4H3/t16-/m1/s1. The van der Waals surface area contributed by atoms with Crippen molar-refractivity contribution in [1.29, 1.82) is 0 Å². The van der Waals surface area contributed by atoms with Gasteiger partial charge in [0.15, 0.2) is 5.89 Å². The fourth-order valence-electron chi connectivity index (χ4n) is 3.67. The van der Waals surface area contributed by atoms with Gasteiger partial charge in [0, 0.05) is 44.9 Å². The van der Waals surface area contributed by atoms with E-state index >= 15 is 0 Å². The molecule has 0 spiro atoms. The van der Waals surface area contributed by atoms with Crippen LogP contribution in [0.4, 0.5) is 0 Å². The monoisotopic (exact) mass is 359 g/mol. The van der Waals surface area contributed by atoms with Crippen molar-refractivity contribution in [3.8, 4) is 0 Å². The van der Waals surface area contributed by atoms with Crippen LogP contribution in [0.5, 0.6) is 0 Å². The lowest BCUT2D eigenvalue weighted by Gasteiger charge is -2.32. The molecule has 1 fully saturated rings. The number of hydrogen-bond acceptors (Lipinski definition) is 5. The van der Waals surface area contributed by atoms with Gasteiger partial charge in [-0.05, 0) is 46.8 Å². The minimum absolute atomic E-state index is 0.0569. The first-order valence-electron chi connectivity index (χ1n) is 9.34. The van der Waals surface area contributed by atoms with Crippen molar-refractivity contribution in [2.24, 2.45) is 0 Å². The third-order valence-electron chi connectivity index (χ3n) is 4.92. The Balaban J connectivity index is 1.68. The van der Waals surface area contributed by atoms with Crippen LogP contribution in [0.3, 0.4) is 0 Å². The van der Waals surface area contributed by atoms with Gasteiger partial charge >= 0.3 is 0 Å². The third kappa shape index (κ3) is 4.15. The number of hydrogen-bond donors (Lipinski definition) is 0. The molecule has 0 saturated carbocycles. The average Bonchev–Trinajstić information content (AvgIpc) is 3.20. The van der Waals surface area contributed by atoms with Gasteiger partial charge in [0.25, 0.3) is 5.91 Å². The van der Waals surface area contributed by atoms with E-state index in [2.05, 4.69) is 39.7 Å². The highest BCUT2D eigenvalue weighted by molar-refractivity contribution is 5.92. The number of likely N-dealkylation sites (tertiary alicyclic amines) is 1. The quantitative estimate of drug-likeness (QED) is 0.792. The van der Waals surface area contributed by atoms with E-state index in [1.807, 2.05) is 18.0 Å². The van der Waals surface area contributed by atoms with Crippen molar-refractivity contribution in [2.75, 3.05) is 33.7 Å². The zero-order valence-corrected chi connectivity index (χ0v) is 16.2. The van der Waals surface area contributed by atoms with Gasteiger partial charge in [-0.1, -0.05) is 0 Å². The van der Waals surface area contributed by atoms with Crippen LogP contribution in [0, 0.1) is 13.8 Å². The molecule has 3 heterocycles. The van der Waals surface area contributed by atoms with Crippen LogP contribution in [-0.2, 0) is 6.54 Å². The second kappa shape index (κ2) is 8.03. The predicted octanol–water partition coefficient (Wildman–Crippen LogP) is 2.46. The Kier molecular flexibility index (Phi) is 5.76. The number of carbonyl (C=O) groups excluding carboxylic acids is 1. The lowest BCUT2D eigenvalue weighted by molar-refractivity contribution is 0.0668. The summed E-state index contributed by atoms with van der Waals surface area (Å²) in [6.45, 7) is 7.05. The molecule has 26 heavy (non-hydrogen) atoms. The van der Waals surface area contributed by atoms with Gasteiger partial charge in [0.1, 0.15) is 5.82 Å². The summed E-state index contributed by atoms with van der Waals surface area (Å²) in [4.78, 5) is 25.7. The Morgan fingerprint density at radius 2 is 2.19 bits per heavy atom. The minimum atomic E-state index is -0.0569. The van der Waals surface area contributed by atoms with E-state index in [1.54, 1.807) is 6.92 Å². The molecule has 1 aliphatic rings. The van der Waals surface area contributed by atoms with Crippen LogP contribution >= 0.6 is 0 Å². The summed E-state index contributed by atoms with van der Waals surface area (Å²) in [5, 5.41) is 0. The molecule has 1 atom stereocenters. The number of imidazole rings is 1. The molecule has 1 saturated heterocycles. The lowest BCUT2D eigenvalue weighted by atomic mass is 9.96. The SMILES string of the molecule is Cc1nc(C)c(C(=O)N2CCC[C@@H](c3nccn3CCCN(C)C)C2)o1. The molecule has 0 unspecified atom stereocenters. The highest BCUT2D eigenvalue weighted by atomic mass is 16.4. The molecule has 3 rings (SSSR count). The van der Waals surface area contributed by atoms with Crippen LogP contribution in [0.1, 0.15) is 53.1 Å². The maximum absolute atomic E-state index is 12.8. The molecule has 7 nitrogen and oxygen atoms in total. The normalized spacial score (nSPS) is 17.9. The molecule has 1 amide bonds. The minimum Gasteiger partial charge on any atom is -0.436 e. The van der Waals surface area contributed by atoms with Crippen LogP contribution in [0.2, 0.25) is 0 Å². The highest BCUT2D eigenvalue weighted by Gasteiger charge is 2.30. The smallest absolute Gasteiger partial charge is 0.291 e. The van der Waals surface area contributed by atoms with Crippen molar-refractivity contribution in [1.82, 2.24) is 24.3 Å². The molecule has 0 bridgehead atoms. The van der Waals surface area contributed by atoms with Gasteiger partial charge in [0.05, 0.1) is 5.69 Å². The molecule has 0 radical (unpaired) electrons. The number of rotatable bonds is 6. The predicted molar refractivity (Wildman–Crippen MR) is 99.3 cm³/mol. The largest absolute Gasteiger partial charge is 0.436 e. The van der Waals surface area contributed by atoms with Gasteiger partial charge in [-0.2, -0.15) is 0 Å². The Morgan fingerprint density at radius 1 is 1.38 bits per heavy atom. The van der Waals surface area contributed by atoms with Crippen molar-refractivity contribution in [3.63, 3.8) is 0 Å². The maximum Gasteiger partial charge on any atom is 0.291 e. The molecular weight excluding hydrogens is 330 g/mol. The molecular formula is C19H29N5O2. The fraction of sp³-hybridized carbons (Fsp3) is 0.632. The number of nitrogens with zero attached hydrogens (tertiary/aromatic N) is 5. The third-order valence-corrected chi connectivity index (χ3v) is 4.92. The average molecular weight is 359 g/mol. The second-order valence-electron chi connectivity index (χ2n) is 7.37. The Bertz CT molecular complexity index is 749. The molecule has 0 aromatic carbocycles. The van der Waals surface area contributed by atoms with Crippen molar-refractivity contribution in [2.45, 2.75) is 45.6 Å². The van der Waals surface area contributed by atoms with Gasteiger partial charge < -0.3 is 18.8 Å². The van der Waals surface area contributed by atoms with Crippen LogP contribution in [0.25, 0.3) is 0 Å². The van der Waals surface area contributed by atoms with Gasteiger partial charge in [-0.3, -0.25) is 4.79 Å². The number of aromatic nitrogens is 3. The zero-order chi connectivity index (χ0) is 18.7. The summed E-state index contributed by atoms with van der Waals surface area (Å²) in [7, 11) is 4.18. The Hall–Kier alpha value is -2.15. The molecule has 0 N–H and O–H groups in total. The molecule has 0 aliphatic carbocycles. The van der Waals surface area contributed by atoms with E-state index in [1.165, 1.54) is 0 Å². The van der Waals surface area contributed by atoms with E-state index in [0.717, 1.165) is 44.7 Å². The van der Waals surface area contributed by atoms with E-state index < -0.39 is 0 Å². The maximum atomic E-state index is 12.8. The van der Waals surface area contributed by atoms with E-state index in [4.69, 9.17) is 4.42 Å². The first kappa shape index (κ1) is 18.6. The summed E-state index contributed by atoms with van der Waals surface area (Å²) < 4.78 is 7.77. The highest BCUT2D eigenvalue weighted by Crippen LogP contribution is 2.27.